The van der Waals surface area contributed by atoms with E-state index in [4.69, 9.17) is 4.74 Å². The molecule has 0 aliphatic rings. The van der Waals surface area contributed by atoms with Gasteiger partial charge in [-0.15, -0.1) is 0 Å². The minimum atomic E-state index is -5.01. The average Bonchev–Trinajstić information content (AvgIpc) is 3.03. The van der Waals surface area contributed by atoms with Crippen LogP contribution in [0.25, 0.3) is 0 Å². The predicted octanol–water partition coefficient (Wildman–Crippen LogP) is 6.34. The number of benzene rings is 3. The first-order chi connectivity index (χ1) is 22.9. The smallest absolute Gasteiger partial charge is 0.405 e. The molecule has 264 valence electrons. The molecule has 3 aromatic carbocycles. The Labute approximate surface area is 278 Å². The Morgan fingerprint density at radius 1 is 0.796 bits per heavy atom. The van der Waals surface area contributed by atoms with Crippen LogP contribution in [0.1, 0.15) is 49.3 Å². The van der Waals surface area contributed by atoms with Gasteiger partial charge in [-0.2, -0.15) is 22.0 Å². The number of alkyl halides is 5. The highest BCUT2D eigenvalue weighted by Crippen LogP contribution is 2.32. The fourth-order valence-electron chi connectivity index (χ4n) is 5.20. The Balaban J connectivity index is 1.90. The molecule has 7 nitrogen and oxygen atoms in total. The lowest BCUT2D eigenvalue weighted by Crippen LogP contribution is -2.52. The van der Waals surface area contributed by atoms with Gasteiger partial charge in [-0.1, -0.05) is 56.3 Å². The summed E-state index contributed by atoms with van der Waals surface area (Å²) in [6.07, 6.45) is -6.46. The molecule has 0 heterocycles. The molecule has 1 unspecified atom stereocenters. The normalized spacial score (nSPS) is 13.7. The van der Waals surface area contributed by atoms with Crippen molar-refractivity contribution in [3.05, 3.63) is 101 Å². The van der Waals surface area contributed by atoms with Crippen LogP contribution in [0.15, 0.2) is 72.8 Å². The first-order valence-corrected chi connectivity index (χ1v) is 15.1. The first kappa shape index (κ1) is 38.7. The van der Waals surface area contributed by atoms with Crippen molar-refractivity contribution in [3.8, 4) is 5.75 Å². The van der Waals surface area contributed by atoms with Crippen molar-refractivity contribution in [2.75, 3.05) is 13.7 Å². The number of halogens is 7. The summed E-state index contributed by atoms with van der Waals surface area (Å²) in [4.78, 5) is 52.0. The maximum atomic E-state index is 14.8. The summed E-state index contributed by atoms with van der Waals surface area (Å²) < 4.78 is 101. The number of methoxy groups -OCH3 is 1. The molecular weight excluding hydrogens is 661 g/mol. The van der Waals surface area contributed by atoms with Crippen molar-refractivity contribution < 1.29 is 54.6 Å². The van der Waals surface area contributed by atoms with Crippen molar-refractivity contribution in [1.82, 2.24) is 10.6 Å². The largest absolute Gasteiger partial charge is 0.497 e. The number of Topliss-reactive ketones (excluding diaryl/α,β-unsaturated/α-hetero) is 2. The molecule has 0 fully saturated rings. The molecule has 49 heavy (non-hydrogen) atoms. The second-order valence-corrected chi connectivity index (χ2v) is 11.8. The SMILES string of the molecule is COc1ccc(C(CC(=O)N[C@@H](Cc2ccccc2)C(=O)C[C@H](C(=O)C(F)(F)C(=O)NCC(F)(F)F)C(C)C)c2cc(F)cc(F)c2)cc1. The quantitative estimate of drug-likeness (QED) is 0.135. The average molecular weight is 697 g/mol. The van der Waals surface area contributed by atoms with Crippen LogP contribution in [0.3, 0.4) is 0 Å². The van der Waals surface area contributed by atoms with E-state index in [0.717, 1.165) is 17.4 Å². The van der Waals surface area contributed by atoms with Crippen molar-refractivity contribution in [3.63, 3.8) is 0 Å². The molecule has 3 rings (SSSR count). The maximum Gasteiger partial charge on any atom is 0.405 e. The topological polar surface area (TPSA) is 102 Å². The van der Waals surface area contributed by atoms with E-state index in [1.165, 1.54) is 21.0 Å². The predicted molar refractivity (Wildman–Crippen MR) is 165 cm³/mol. The number of ether oxygens (including phenoxy) is 1. The third-order valence-electron chi connectivity index (χ3n) is 7.81. The Morgan fingerprint density at radius 2 is 1.39 bits per heavy atom. The van der Waals surface area contributed by atoms with Crippen LogP contribution in [0.2, 0.25) is 0 Å². The molecule has 14 heteroatoms. The van der Waals surface area contributed by atoms with Crippen molar-refractivity contribution in [2.45, 2.75) is 57.2 Å². The third kappa shape index (κ3) is 11.1. The number of carbonyl (C=O) groups excluding carboxylic acids is 4. The molecule has 3 atom stereocenters. The molecule has 0 aliphatic carbocycles. The molecule has 0 saturated carbocycles. The van der Waals surface area contributed by atoms with Crippen LogP contribution < -0.4 is 15.4 Å². The maximum absolute atomic E-state index is 14.8. The van der Waals surface area contributed by atoms with Gasteiger partial charge in [-0.3, -0.25) is 19.2 Å². The standard InChI is InChI=1S/C35H35F7N2O5/c1-20(2)27(32(47)35(41,42)33(48)43-19-34(38,39)40)17-30(45)29(13-21-7-5-4-6-8-21)44-31(46)18-28(22-9-11-26(49-3)12-10-22)23-14-24(36)16-25(37)15-23/h4-12,14-16,20,27-29H,13,17-19H2,1-3H3,(H,43,48)(H,44,46)/t27-,28?,29-/m0/s1. The summed E-state index contributed by atoms with van der Waals surface area (Å²) >= 11 is 0. The van der Waals surface area contributed by atoms with Crippen LogP contribution in [-0.2, 0) is 25.6 Å². The lowest BCUT2D eigenvalue weighted by Gasteiger charge is -2.26. The zero-order chi connectivity index (χ0) is 36.5. The van der Waals surface area contributed by atoms with Crippen LogP contribution in [0.4, 0.5) is 30.7 Å². The summed E-state index contributed by atoms with van der Waals surface area (Å²) in [5.41, 5.74) is 1.13. The van der Waals surface area contributed by atoms with Gasteiger partial charge in [0.15, 0.2) is 5.78 Å². The number of carbonyl (C=O) groups is 4. The first-order valence-electron chi connectivity index (χ1n) is 15.1. The molecule has 2 amide bonds. The van der Waals surface area contributed by atoms with E-state index in [-0.39, 0.29) is 12.0 Å². The fourth-order valence-corrected chi connectivity index (χ4v) is 5.20. The summed E-state index contributed by atoms with van der Waals surface area (Å²) in [5, 5.41) is 3.57. The summed E-state index contributed by atoms with van der Waals surface area (Å²) in [6, 6.07) is 16.0. The molecule has 0 spiro atoms. The molecule has 0 aliphatic heterocycles. The molecular formula is C35H35F7N2O5. The summed E-state index contributed by atoms with van der Waals surface area (Å²) in [7, 11) is 1.44. The molecule has 0 radical (unpaired) electrons. The van der Waals surface area contributed by atoms with Gasteiger partial charge in [-0.05, 0) is 53.3 Å². The van der Waals surface area contributed by atoms with E-state index >= 15 is 0 Å². The van der Waals surface area contributed by atoms with Crippen molar-refractivity contribution >= 4 is 23.4 Å². The third-order valence-corrected chi connectivity index (χ3v) is 7.81. The van der Waals surface area contributed by atoms with Crippen molar-refractivity contribution in [1.29, 1.82) is 0 Å². The minimum absolute atomic E-state index is 0.111. The van der Waals surface area contributed by atoms with Gasteiger partial charge in [0, 0.05) is 30.7 Å². The molecule has 2 N–H and O–H groups in total. The van der Waals surface area contributed by atoms with Crippen LogP contribution in [0, 0.1) is 23.5 Å². The van der Waals surface area contributed by atoms with E-state index in [0.29, 0.717) is 22.9 Å². The Morgan fingerprint density at radius 3 is 1.92 bits per heavy atom. The highest BCUT2D eigenvalue weighted by atomic mass is 19.4. The van der Waals surface area contributed by atoms with Gasteiger partial charge in [-0.25, -0.2) is 8.78 Å². The van der Waals surface area contributed by atoms with E-state index < -0.39 is 90.3 Å². The van der Waals surface area contributed by atoms with Crippen LogP contribution in [0.5, 0.6) is 5.75 Å². The number of ketones is 2. The summed E-state index contributed by atoms with van der Waals surface area (Å²) in [5.74, 6) is -16.0. The van der Waals surface area contributed by atoms with Gasteiger partial charge < -0.3 is 15.4 Å². The number of hydrogen-bond acceptors (Lipinski definition) is 5. The number of amides is 2. The van der Waals surface area contributed by atoms with E-state index in [1.54, 1.807) is 54.6 Å². The zero-order valence-corrected chi connectivity index (χ0v) is 26.8. The van der Waals surface area contributed by atoms with E-state index in [1.807, 2.05) is 0 Å². The van der Waals surface area contributed by atoms with Gasteiger partial charge in [0.25, 0.3) is 5.91 Å². The molecule has 0 aromatic heterocycles. The lowest BCUT2D eigenvalue weighted by molar-refractivity contribution is -0.167. The number of nitrogens with one attached hydrogen (secondary N) is 2. The summed E-state index contributed by atoms with van der Waals surface area (Å²) in [6.45, 7) is 0.550. The number of rotatable bonds is 16. The van der Waals surface area contributed by atoms with Gasteiger partial charge in [0.1, 0.15) is 23.9 Å². The monoisotopic (exact) mass is 696 g/mol. The Kier molecular flexibility index (Phi) is 13.1. The van der Waals surface area contributed by atoms with Crippen LogP contribution >= 0.6 is 0 Å². The molecule has 3 aromatic rings. The lowest BCUT2D eigenvalue weighted by atomic mass is 9.82. The van der Waals surface area contributed by atoms with Gasteiger partial charge in [0.2, 0.25) is 11.7 Å². The van der Waals surface area contributed by atoms with Gasteiger partial charge in [0.05, 0.1) is 13.2 Å². The van der Waals surface area contributed by atoms with Gasteiger partial charge >= 0.3 is 12.1 Å². The Hall–Kier alpha value is -4.75. The van der Waals surface area contributed by atoms with Crippen LogP contribution in [-0.4, -0.2) is 55.2 Å². The van der Waals surface area contributed by atoms with E-state index in [2.05, 4.69) is 5.32 Å². The number of hydrogen-bond donors (Lipinski definition) is 2. The highest BCUT2D eigenvalue weighted by Gasteiger charge is 2.51. The Bertz CT molecular complexity index is 1590. The zero-order valence-electron chi connectivity index (χ0n) is 26.8. The highest BCUT2D eigenvalue weighted by molar-refractivity contribution is 6.09. The molecule has 0 bridgehead atoms. The second kappa shape index (κ2) is 16.6. The molecule has 0 saturated heterocycles. The van der Waals surface area contributed by atoms with Crippen molar-refractivity contribution in [2.24, 2.45) is 11.8 Å². The minimum Gasteiger partial charge on any atom is -0.497 e. The fraction of sp³-hybridized carbons (Fsp3) is 0.371. The second-order valence-electron chi connectivity index (χ2n) is 11.8. The van der Waals surface area contributed by atoms with E-state index in [9.17, 15) is 49.9 Å².